The zero-order chi connectivity index (χ0) is 20.9. The van der Waals surface area contributed by atoms with Crippen LogP contribution < -0.4 is 15.5 Å². The smallest absolute Gasteiger partial charge is 0.230 e. The Kier molecular flexibility index (Phi) is 5.84. The fraction of sp³-hybridized carbons (Fsp3) is 0.300. The Morgan fingerprint density at radius 1 is 1.13 bits per heavy atom. The molecule has 2 aromatic heterocycles. The number of H-pyrrole nitrogens is 1. The molecule has 30 heavy (non-hydrogen) atoms. The minimum absolute atomic E-state index is 0.0848. The number of nitrogens with one attached hydrogen (secondary N) is 3. The van der Waals surface area contributed by atoms with Gasteiger partial charge in [0.05, 0.1) is 6.42 Å². The van der Waals surface area contributed by atoms with E-state index >= 15 is 0 Å². The molecule has 0 aliphatic carbocycles. The third-order valence-corrected chi connectivity index (χ3v) is 4.83. The Bertz CT molecular complexity index is 1020. The topological polar surface area (TPSA) is 102 Å². The van der Waals surface area contributed by atoms with Crippen molar-refractivity contribution >= 4 is 29.0 Å². The van der Waals surface area contributed by atoms with E-state index in [0.717, 1.165) is 32.0 Å². The van der Waals surface area contributed by atoms with Crippen molar-refractivity contribution in [1.82, 2.24) is 25.1 Å². The highest BCUT2D eigenvalue weighted by Gasteiger charge is 2.16. The number of rotatable bonds is 6. The number of nitrogens with zero attached hydrogens (tertiary/aromatic N) is 5. The Morgan fingerprint density at radius 2 is 1.97 bits per heavy atom. The fourth-order valence-corrected chi connectivity index (χ4v) is 3.22. The molecule has 0 bridgehead atoms. The normalized spacial score (nSPS) is 14.5. The van der Waals surface area contributed by atoms with Crippen molar-refractivity contribution in [3.05, 3.63) is 54.2 Å². The van der Waals surface area contributed by atoms with Gasteiger partial charge in [0.15, 0.2) is 5.82 Å². The predicted octanol–water partition coefficient (Wildman–Crippen LogP) is 2.02. The molecule has 156 valence electrons. The molecule has 1 aromatic carbocycles. The minimum Gasteiger partial charge on any atom is -0.354 e. The highest BCUT2D eigenvalue weighted by molar-refractivity contribution is 5.92. The molecule has 1 fully saturated rings. The van der Waals surface area contributed by atoms with Crippen LogP contribution in [0.15, 0.2) is 42.7 Å². The number of benzene rings is 1. The maximum atomic E-state index is 13.2. The second kappa shape index (κ2) is 8.87. The highest BCUT2D eigenvalue weighted by Crippen LogP contribution is 2.19. The van der Waals surface area contributed by atoms with Crippen molar-refractivity contribution in [3.63, 3.8) is 0 Å². The number of hydrogen-bond donors (Lipinski definition) is 3. The van der Waals surface area contributed by atoms with Gasteiger partial charge in [0.2, 0.25) is 5.91 Å². The Morgan fingerprint density at radius 3 is 2.77 bits per heavy atom. The summed E-state index contributed by atoms with van der Waals surface area (Å²) >= 11 is 0. The van der Waals surface area contributed by atoms with Gasteiger partial charge < -0.3 is 20.4 Å². The van der Waals surface area contributed by atoms with E-state index in [-0.39, 0.29) is 12.3 Å². The van der Waals surface area contributed by atoms with Crippen LogP contribution in [-0.2, 0) is 11.2 Å². The maximum Gasteiger partial charge on any atom is 0.230 e. The Hall–Kier alpha value is -3.53. The van der Waals surface area contributed by atoms with Crippen LogP contribution in [0.5, 0.6) is 0 Å². The summed E-state index contributed by atoms with van der Waals surface area (Å²) < 4.78 is 13.2. The number of piperazine rings is 1. The van der Waals surface area contributed by atoms with E-state index in [4.69, 9.17) is 0 Å². The van der Waals surface area contributed by atoms with Gasteiger partial charge in [-0.3, -0.25) is 9.89 Å². The molecule has 1 amide bonds. The summed E-state index contributed by atoms with van der Waals surface area (Å²) in [5.74, 6) is 1.37. The van der Waals surface area contributed by atoms with Crippen LogP contribution in [0, 0.1) is 5.82 Å². The number of aromatic amines is 1. The second-order valence-corrected chi connectivity index (χ2v) is 7.19. The molecular weight excluding hydrogens is 387 g/mol. The Labute approximate surface area is 173 Å². The first kappa shape index (κ1) is 19.8. The van der Waals surface area contributed by atoms with Crippen LogP contribution in [0.2, 0.25) is 0 Å². The summed E-state index contributed by atoms with van der Waals surface area (Å²) in [5.41, 5.74) is 1.04. The summed E-state index contributed by atoms with van der Waals surface area (Å²) in [6.45, 7) is 3.82. The van der Waals surface area contributed by atoms with Gasteiger partial charge in [0.25, 0.3) is 0 Å². The third-order valence-electron chi connectivity index (χ3n) is 4.83. The zero-order valence-corrected chi connectivity index (χ0v) is 16.6. The highest BCUT2D eigenvalue weighted by atomic mass is 19.1. The standard InChI is InChI=1S/C20H23FN8O/c1-28-5-7-29(8-6-28)19-12-17(22-13-23-19)25-18-10-16(26-27-18)11-20(30)24-15-4-2-3-14(21)9-15/h2-4,9-10,12-13H,5-8,11H2,1H3,(H,24,30)(H2,22,23,25,26,27). The lowest BCUT2D eigenvalue weighted by Gasteiger charge is -2.33. The number of carbonyl (C=O) groups excluding carboxylic acids is 1. The lowest BCUT2D eigenvalue weighted by molar-refractivity contribution is -0.115. The van der Waals surface area contributed by atoms with Gasteiger partial charge in [-0.25, -0.2) is 14.4 Å². The summed E-state index contributed by atoms with van der Waals surface area (Å²) in [6.07, 6.45) is 1.61. The van der Waals surface area contributed by atoms with Crippen LogP contribution in [0.3, 0.4) is 0 Å². The van der Waals surface area contributed by atoms with Crippen molar-refractivity contribution in [3.8, 4) is 0 Å². The summed E-state index contributed by atoms with van der Waals surface area (Å²) in [6, 6.07) is 9.39. The van der Waals surface area contributed by atoms with Gasteiger partial charge in [0, 0.05) is 49.7 Å². The SMILES string of the molecule is CN1CCN(c2cc(Nc3cc(CC(=O)Nc4cccc(F)c4)[nH]n3)ncn2)CC1. The van der Waals surface area contributed by atoms with Crippen LogP contribution >= 0.6 is 0 Å². The van der Waals surface area contributed by atoms with Crippen LogP contribution in [0.1, 0.15) is 5.69 Å². The number of anilines is 4. The first-order valence-corrected chi connectivity index (χ1v) is 9.67. The molecule has 3 aromatic rings. The molecular formula is C20H23FN8O. The van der Waals surface area contributed by atoms with Gasteiger partial charge in [0.1, 0.15) is 23.8 Å². The molecule has 3 heterocycles. The number of halogens is 1. The summed E-state index contributed by atoms with van der Waals surface area (Å²) in [5, 5.41) is 12.8. The van der Waals surface area contributed by atoms with Gasteiger partial charge in [-0.2, -0.15) is 5.10 Å². The van der Waals surface area contributed by atoms with Crippen molar-refractivity contribution < 1.29 is 9.18 Å². The largest absolute Gasteiger partial charge is 0.354 e. The minimum atomic E-state index is -0.401. The quantitative estimate of drug-likeness (QED) is 0.571. The van der Waals surface area contributed by atoms with E-state index in [1.54, 1.807) is 18.2 Å². The lowest BCUT2D eigenvalue weighted by Crippen LogP contribution is -2.44. The predicted molar refractivity (Wildman–Crippen MR) is 112 cm³/mol. The molecule has 1 aliphatic rings. The number of aromatic nitrogens is 4. The molecule has 0 unspecified atom stereocenters. The molecule has 4 rings (SSSR count). The van der Waals surface area contributed by atoms with E-state index < -0.39 is 5.82 Å². The van der Waals surface area contributed by atoms with E-state index in [9.17, 15) is 9.18 Å². The van der Waals surface area contributed by atoms with Crippen molar-refractivity contribution in [2.24, 2.45) is 0 Å². The molecule has 0 radical (unpaired) electrons. The van der Waals surface area contributed by atoms with Crippen LogP contribution in [-0.4, -0.2) is 64.2 Å². The van der Waals surface area contributed by atoms with E-state index in [0.29, 0.717) is 23.0 Å². The van der Waals surface area contributed by atoms with E-state index in [1.165, 1.54) is 18.5 Å². The van der Waals surface area contributed by atoms with Gasteiger partial charge in [-0.05, 0) is 25.2 Å². The molecule has 0 saturated carbocycles. The van der Waals surface area contributed by atoms with Crippen LogP contribution in [0.25, 0.3) is 0 Å². The van der Waals surface area contributed by atoms with E-state index in [1.807, 2.05) is 6.07 Å². The molecule has 1 saturated heterocycles. The number of hydrogen-bond acceptors (Lipinski definition) is 7. The first-order chi connectivity index (χ1) is 14.5. The van der Waals surface area contributed by atoms with Crippen molar-refractivity contribution in [1.29, 1.82) is 0 Å². The van der Waals surface area contributed by atoms with Gasteiger partial charge in [-0.1, -0.05) is 6.07 Å². The Balaban J connectivity index is 1.35. The summed E-state index contributed by atoms with van der Waals surface area (Å²) in [7, 11) is 2.11. The zero-order valence-electron chi connectivity index (χ0n) is 16.6. The van der Waals surface area contributed by atoms with E-state index in [2.05, 4.69) is 47.6 Å². The van der Waals surface area contributed by atoms with Gasteiger partial charge >= 0.3 is 0 Å². The first-order valence-electron chi connectivity index (χ1n) is 9.67. The number of likely N-dealkylation sites (N-methyl/N-ethyl adjacent to an activating group) is 1. The lowest BCUT2D eigenvalue weighted by atomic mass is 10.2. The summed E-state index contributed by atoms with van der Waals surface area (Å²) in [4.78, 5) is 25.3. The molecule has 9 nitrogen and oxygen atoms in total. The molecule has 0 spiro atoms. The van der Waals surface area contributed by atoms with Crippen molar-refractivity contribution in [2.75, 3.05) is 48.8 Å². The monoisotopic (exact) mass is 410 g/mol. The van der Waals surface area contributed by atoms with Crippen LogP contribution in [0.4, 0.5) is 27.5 Å². The van der Waals surface area contributed by atoms with Gasteiger partial charge in [-0.15, -0.1) is 0 Å². The maximum absolute atomic E-state index is 13.2. The molecule has 10 heteroatoms. The molecule has 3 N–H and O–H groups in total. The number of amides is 1. The molecule has 0 atom stereocenters. The second-order valence-electron chi connectivity index (χ2n) is 7.19. The van der Waals surface area contributed by atoms with Crippen molar-refractivity contribution in [2.45, 2.75) is 6.42 Å². The number of carbonyl (C=O) groups is 1. The molecule has 1 aliphatic heterocycles. The fourth-order valence-electron chi connectivity index (χ4n) is 3.22. The average molecular weight is 410 g/mol. The average Bonchev–Trinajstić information content (AvgIpc) is 3.15. The third kappa shape index (κ3) is 5.09.